The van der Waals surface area contributed by atoms with Gasteiger partial charge in [0.2, 0.25) is 0 Å². The fraction of sp³-hybridized carbons (Fsp3) is 0. The molecule has 0 amide bonds. The molecule has 0 rings (SSSR count). The van der Waals surface area contributed by atoms with Crippen LogP contribution in [0.15, 0.2) is 0 Å². The molecular formula is H10B3CeCl. The molecule has 0 aliphatic heterocycles. The number of hydrogen-bond acceptors (Lipinski definition) is 0. The minimum atomic E-state index is 0. The van der Waals surface area contributed by atoms with Crippen LogP contribution in [0.4, 0.5) is 0 Å². The van der Waals surface area contributed by atoms with Gasteiger partial charge < -0.3 is 0 Å². The minimum absolute atomic E-state index is 0. The van der Waals surface area contributed by atoms with Gasteiger partial charge >= 0.3 is 0 Å². The van der Waals surface area contributed by atoms with Crippen LogP contribution >= 0.6 is 12.4 Å². The van der Waals surface area contributed by atoms with Crippen LogP contribution in [-0.4, -0.2) is 25.2 Å². The van der Waals surface area contributed by atoms with Gasteiger partial charge in [-0.1, -0.05) is 0 Å². The fourth-order valence-corrected chi connectivity index (χ4v) is 0. The van der Waals surface area contributed by atoms with E-state index < -0.39 is 0 Å². The molecule has 5 heteroatoms. The van der Waals surface area contributed by atoms with Gasteiger partial charge in [0.1, 0.15) is 0 Å². The second-order valence-corrected chi connectivity index (χ2v) is 0. The molecule has 0 aliphatic carbocycles. The third kappa shape index (κ3) is 25.2. The summed E-state index contributed by atoms with van der Waals surface area (Å²) in [6.07, 6.45) is 0. The van der Waals surface area contributed by atoms with Crippen molar-refractivity contribution in [1.29, 1.82) is 0 Å². The first-order valence-electron chi connectivity index (χ1n) is 0. The normalized spacial score (nSPS) is 0. The molecule has 0 nitrogen and oxygen atoms in total. The first-order chi connectivity index (χ1) is 0. The molecule has 0 aliphatic rings. The Kier molecular flexibility index (Phi) is 544. The second kappa shape index (κ2) is 40.0. The second-order valence-electron chi connectivity index (χ2n) is 0. The molecule has 0 N–H and O–H groups in total. The molecule has 0 radical (unpaired) electrons. The minimum Gasteiger partial charge on any atom is -0.147 e. The maximum atomic E-state index is 0. The van der Waals surface area contributed by atoms with Crippen molar-refractivity contribution < 1.29 is 41.7 Å². The summed E-state index contributed by atoms with van der Waals surface area (Å²) < 4.78 is 0. The smallest absolute Gasteiger partial charge is 0.0814 e. The Morgan fingerprint density at radius 2 is 0.600 bits per heavy atom. The van der Waals surface area contributed by atoms with Crippen LogP contribution in [0.2, 0.25) is 0 Å². The van der Waals surface area contributed by atoms with E-state index in [1.54, 1.807) is 0 Å². The molecule has 0 spiro atoms. The van der Waals surface area contributed by atoms with Crippen molar-refractivity contribution in [2.45, 2.75) is 0 Å². The molecule has 0 fully saturated rings. The zero-order chi connectivity index (χ0) is 0. The number of halogens is 1. The van der Waals surface area contributed by atoms with Crippen LogP contribution in [0.25, 0.3) is 0 Å². The zero-order valence-corrected chi connectivity index (χ0v) is 4.86. The van der Waals surface area contributed by atoms with Crippen molar-refractivity contribution in [3.05, 3.63) is 0 Å². The third-order valence-electron chi connectivity index (χ3n) is 0. The summed E-state index contributed by atoms with van der Waals surface area (Å²) in [5.41, 5.74) is 0. The molecule has 0 aromatic carbocycles. The van der Waals surface area contributed by atoms with Crippen LogP contribution in [0.5, 0.6) is 0 Å². The molecule has 5 heavy (non-hydrogen) atoms. The Morgan fingerprint density at radius 1 is 0.600 bits per heavy atom. The molecular weight excluding hydrogens is 208 g/mol. The first kappa shape index (κ1) is 68.0. The average molecular weight is 218 g/mol. The van der Waals surface area contributed by atoms with Gasteiger partial charge in [0.25, 0.3) is 0 Å². The van der Waals surface area contributed by atoms with Gasteiger partial charge in [-0.15, -0.1) is 12.4 Å². The summed E-state index contributed by atoms with van der Waals surface area (Å²) in [4.78, 5) is 0. The zero-order valence-electron chi connectivity index (χ0n) is 0.908. The maximum absolute atomic E-state index is 0. The topological polar surface area (TPSA) is 0 Å². The van der Waals surface area contributed by atoms with Gasteiger partial charge in [-0.2, -0.15) is 0 Å². The summed E-state index contributed by atoms with van der Waals surface area (Å²) >= 11 is 0. The molecule has 0 unspecified atom stereocenters. The quantitative estimate of drug-likeness (QED) is 0.377. The molecule has 0 aromatic heterocycles. The molecule has 0 bridgehead atoms. The molecule has 30 valence electrons. The summed E-state index contributed by atoms with van der Waals surface area (Å²) in [6.45, 7) is 0. The van der Waals surface area contributed by atoms with E-state index in [-0.39, 0.29) is 79.4 Å². The van der Waals surface area contributed by atoms with Gasteiger partial charge in [-0.25, -0.2) is 0 Å². The van der Waals surface area contributed by atoms with E-state index in [1.807, 2.05) is 0 Å². The van der Waals surface area contributed by atoms with Crippen LogP contribution < -0.4 is 0 Å². The predicted octanol–water partition coefficient (Wildman–Crippen LogP) is -3.13. The summed E-state index contributed by atoms with van der Waals surface area (Å²) in [6, 6.07) is 0. The SMILES string of the molecule is B.B.B.Cl.[Ce]. The molecule has 0 saturated heterocycles. The van der Waals surface area contributed by atoms with Gasteiger partial charge in [0.15, 0.2) is 0 Å². The van der Waals surface area contributed by atoms with E-state index in [2.05, 4.69) is 0 Å². The van der Waals surface area contributed by atoms with Gasteiger partial charge in [0.05, 0.1) is 25.2 Å². The van der Waals surface area contributed by atoms with Crippen LogP contribution in [0.1, 0.15) is 0 Å². The Balaban J connectivity index is 0. The predicted molar refractivity (Wildman–Crippen MR) is 37.1 cm³/mol. The van der Waals surface area contributed by atoms with E-state index >= 15 is 0 Å². The van der Waals surface area contributed by atoms with Crippen LogP contribution in [0.3, 0.4) is 0 Å². The van der Waals surface area contributed by atoms with Gasteiger partial charge in [-0.05, 0) is 0 Å². The van der Waals surface area contributed by atoms with Gasteiger partial charge in [-0.3, -0.25) is 0 Å². The van der Waals surface area contributed by atoms with Gasteiger partial charge in [0, 0.05) is 41.7 Å². The van der Waals surface area contributed by atoms with Crippen LogP contribution in [-0.2, 0) is 0 Å². The summed E-state index contributed by atoms with van der Waals surface area (Å²) in [5, 5.41) is 0. The largest absolute Gasteiger partial charge is 0.147 e. The Labute approximate surface area is 78.4 Å². The molecule has 0 heterocycles. The summed E-state index contributed by atoms with van der Waals surface area (Å²) in [5.74, 6) is 0. The van der Waals surface area contributed by atoms with E-state index in [0.29, 0.717) is 0 Å². The molecule has 0 aromatic rings. The number of rotatable bonds is 0. The van der Waals surface area contributed by atoms with Crippen molar-refractivity contribution in [2.24, 2.45) is 0 Å². The maximum Gasteiger partial charge on any atom is 0.0814 e. The monoisotopic (exact) mass is 218 g/mol. The van der Waals surface area contributed by atoms with Crippen molar-refractivity contribution >= 4 is 37.6 Å². The molecule has 0 saturated carbocycles. The Hall–Kier alpha value is 1.86. The van der Waals surface area contributed by atoms with E-state index in [1.165, 1.54) is 0 Å². The van der Waals surface area contributed by atoms with Crippen molar-refractivity contribution in [2.75, 3.05) is 0 Å². The van der Waals surface area contributed by atoms with Crippen molar-refractivity contribution in [3.63, 3.8) is 0 Å². The molecule has 0 atom stereocenters. The Bertz CT molecular complexity index is 6.85. The van der Waals surface area contributed by atoms with E-state index in [4.69, 9.17) is 0 Å². The third-order valence-corrected chi connectivity index (χ3v) is 0. The van der Waals surface area contributed by atoms with E-state index in [0.717, 1.165) is 0 Å². The summed E-state index contributed by atoms with van der Waals surface area (Å²) in [7, 11) is 0. The van der Waals surface area contributed by atoms with Crippen molar-refractivity contribution in [1.82, 2.24) is 0 Å². The number of hydrogen-bond donors (Lipinski definition) is 0. The fourth-order valence-electron chi connectivity index (χ4n) is 0. The standard InChI is InChI=1S/3BH3.Ce.ClH/h3*1H3;;1H. The van der Waals surface area contributed by atoms with E-state index in [9.17, 15) is 0 Å². The van der Waals surface area contributed by atoms with Crippen LogP contribution in [0, 0.1) is 41.7 Å². The first-order valence-corrected chi connectivity index (χ1v) is 0. The average Bonchev–Trinajstić information content (AvgIpc) is 0. The Morgan fingerprint density at radius 3 is 0.600 bits per heavy atom. The van der Waals surface area contributed by atoms with Crippen molar-refractivity contribution in [3.8, 4) is 0 Å².